The van der Waals surface area contributed by atoms with Crippen LogP contribution in [0.25, 0.3) is 0 Å². The second kappa shape index (κ2) is 9.36. The lowest BCUT2D eigenvalue weighted by molar-refractivity contribution is -0.136. The maximum Gasteiger partial charge on any atom is 0.225 e. The van der Waals surface area contributed by atoms with Gasteiger partial charge in [-0.1, -0.05) is 13.8 Å². The van der Waals surface area contributed by atoms with Crippen LogP contribution >= 0.6 is 12.4 Å². The number of rotatable bonds is 4. The summed E-state index contributed by atoms with van der Waals surface area (Å²) in [7, 11) is 0. The lowest BCUT2D eigenvalue weighted by atomic mass is 9.92. The molecule has 0 bridgehead atoms. The van der Waals surface area contributed by atoms with Gasteiger partial charge >= 0.3 is 0 Å². The molecule has 2 aliphatic rings. The molecule has 2 aliphatic heterocycles. The number of hydrogen-bond acceptors (Lipinski definition) is 3. The van der Waals surface area contributed by atoms with Gasteiger partial charge in [-0.15, -0.1) is 12.4 Å². The maximum absolute atomic E-state index is 12.5. The minimum absolute atomic E-state index is 0. The molecule has 2 heterocycles. The lowest BCUT2D eigenvalue weighted by Gasteiger charge is -2.35. The predicted octanol–water partition coefficient (Wildman–Crippen LogP) is 1.56. The van der Waals surface area contributed by atoms with Crippen molar-refractivity contribution in [1.29, 1.82) is 0 Å². The van der Waals surface area contributed by atoms with Gasteiger partial charge in [-0.2, -0.15) is 0 Å². The number of piperidine rings is 2. The van der Waals surface area contributed by atoms with Gasteiger partial charge in [-0.3, -0.25) is 9.59 Å². The average molecular weight is 332 g/mol. The van der Waals surface area contributed by atoms with Gasteiger partial charge in [0, 0.05) is 32.1 Å². The third-order valence-corrected chi connectivity index (χ3v) is 4.76. The molecule has 128 valence electrons. The number of halogens is 1. The highest BCUT2D eigenvalue weighted by molar-refractivity contribution is 5.85. The van der Waals surface area contributed by atoms with Crippen LogP contribution in [0, 0.1) is 11.8 Å². The van der Waals surface area contributed by atoms with Crippen LogP contribution in [0.1, 0.15) is 46.0 Å². The molecule has 22 heavy (non-hydrogen) atoms. The summed E-state index contributed by atoms with van der Waals surface area (Å²) in [6, 6.07) is 0.230. The van der Waals surface area contributed by atoms with Crippen LogP contribution in [0.15, 0.2) is 0 Å². The fourth-order valence-corrected chi connectivity index (χ4v) is 3.27. The van der Waals surface area contributed by atoms with Crippen molar-refractivity contribution in [3.8, 4) is 0 Å². The van der Waals surface area contributed by atoms with Crippen LogP contribution in [0.5, 0.6) is 0 Å². The highest BCUT2D eigenvalue weighted by atomic mass is 35.5. The number of carbonyl (C=O) groups is 2. The molecular weight excluding hydrogens is 302 g/mol. The summed E-state index contributed by atoms with van der Waals surface area (Å²) in [6.07, 6.45) is 4.41. The molecule has 5 nitrogen and oxygen atoms in total. The van der Waals surface area contributed by atoms with E-state index in [2.05, 4.69) is 17.6 Å². The minimum atomic E-state index is -0.0336. The summed E-state index contributed by atoms with van der Waals surface area (Å²) in [6.45, 7) is 7.52. The summed E-state index contributed by atoms with van der Waals surface area (Å²) >= 11 is 0. The smallest absolute Gasteiger partial charge is 0.225 e. The summed E-state index contributed by atoms with van der Waals surface area (Å²) in [5.74, 6) is 0.817. The quantitative estimate of drug-likeness (QED) is 0.822. The first-order valence-electron chi connectivity index (χ1n) is 8.40. The first kappa shape index (κ1) is 19.2. The molecule has 2 fully saturated rings. The monoisotopic (exact) mass is 331 g/mol. The number of hydrogen-bond donors (Lipinski definition) is 2. The van der Waals surface area contributed by atoms with Gasteiger partial charge < -0.3 is 15.5 Å². The summed E-state index contributed by atoms with van der Waals surface area (Å²) in [4.78, 5) is 26.3. The Morgan fingerprint density at radius 1 is 1.32 bits per heavy atom. The molecule has 0 saturated carbocycles. The topological polar surface area (TPSA) is 61.4 Å². The summed E-state index contributed by atoms with van der Waals surface area (Å²) in [5.41, 5.74) is 0. The highest BCUT2D eigenvalue weighted by Crippen LogP contribution is 2.19. The molecule has 0 aliphatic carbocycles. The number of amides is 2. The van der Waals surface area contributed by atoms with E-state index in [0.717, 1.165) is 45.3 Å². The normalized spacial score (nSPS) is 28.6. The van der Waals surface area contributed by atoms with Crippen LogP contribution in [-0.4, -0.2) is 48.9 Å². The number of nitrogens with one attached hydrogen (secondary N) is 2. The Bertz CT molecular complexity index is 378. The average Bonchev–Trinajstić information content (AvgIpc) is 2.50. The molecule has 6 heteroatoms. The minimum Gasteiger partial charge on any atom is -0.352 e. The van der Waals surface area contributed by atoms with Gasteiger partial charge in [0.25, 0.3) is 0 Å². The van der Waals surface area contributed by atoms with Crippen LogP contribution < -0.4 is 10.6 Å². The van der Waals surface area contributed by atoms with E-state index in [1.165, 1.54) is 0 Å². The SMILES string of the molecule is CCCC(=O)N1CCCC(C(=O)NC2CNCCC2C)C1.Cl. The van der Waals surface area contributed by atoms with Gasteiger partial charge in [-0.25, -0.2) is 0 Å². The van der Waals surface area contributed by atoms with Gasteiger partial charge in [0.1, 0.15) is 0 Å². The predicted molar refractivity (Wildman–Crippen MR) is 90.0 cm³/mol. The van der Waals surface area contributed by atoms with Crippen molar-refractivity contribution in [3.05, 3.63) is 0 Å². The van der Waals surface area contributed by atoms with Gasteiger partial charge in [0.15, 0.2) is 0 Å². The molecule has 3 atom stereocenters. The van der Waals surface area contributed by atoms with Crippen molar-refractivity contribution in [2.45, 2.75) is 52.0 Å². The number of nitrogens with zero attached hydrogens (tertiary/aromatic N) is 1. The van der Waals surface area contributed by atoms with E-state index in [1.54, 1.807) is 0 Å². The Hall–Kier alpha value is -0.810. The molecule has 0 spiro atoms. The Morgan fingerprint density at radius 2 is 2.09 bits per heavy atom. The van der Waals surface area contributed by atoms with Crippen molar-refractivity contribution >= 4 is 24.2 Å². The largest absolute Gasteiger partial charge is 0.352 e. The summed E-state index contributed by atoms with van der Waals surface area (Å²) < 4.78 is 0. The molecule has 0 aromatic rings. The van der Waals surface area contributed by atoms with Crippen LogP contribution in [0.4, 0.5) is 0 Å². The van der Waals surface area contributed by atoms with E-state index in [-0.39, 0.29) is 36.2 Å². The molecule has 2 rings (SSSR count). The zero-order valence-electron chi connectivity index (χ0n) is 13.8. The second-order valence-electron chi connectivity index (χ2n) is 6.51. The van der Waals surface area contributed by atoms with Gasteiger partial charge in [0.05, 0.1) is 5.92 Å². The van der Waals surface area contributed by atoms with Crippen molar-refractivity contribution in [2.75, 3.05) is 26.2 Å². The van der Waals surface area contributed by atoms with E-state index in [4.69, 9.17) is 0 Å². The molecule has 2 amide bonds. The second-order valence-corrected chi connectivity index (χ2v) is 6.51. The van der Waals surface area contributed by atoms with Crippen molar-refractivity contribution < 1.29 is 9.59 Å². The van der Waals surface area contributed by atoms with Crippen LogP contribution in [0.3, 0.4) is 0 Å². The van der Waals surface area contributed by atoms with Gasteiger partial charge in [0.2, 0.25) is 11.8 Å². The third kappa shape index (κ3) is 5.13. The fraction of sp³-hybridized carbons (Fsp3) is 0.875. The Labute approximate surface area is 140 Å². The Kier molecular flexibility index (Phi) is 8.18. The standard InChI is InChI=1S/C16H29N3O2.ClH/c1-3-5-15(20)19-9-4-6-13(11-19)16(21)18-14-10-17-8-7-12(14)2;/h12-14,17H,3-11H2,1-2H3,(H,18,21);1H. The van der Waals surface area contributed by atoms with E-state index >= 15 is 0 Å². The number of carbonyl (C=O) groups excluding carboxylic acids is 2. The molecular formula is C16H30ClN3O2. The van der Waals surface area contributed by atoms with Crippen molar-refractivity contribution in [2.24, 2.45) is 11.8 Å². The van der Waals surface area contributed by atoms with Crippen LogP contribution in [0.2, 0.25) is 0 Å². The fourth-order valence-electron chi connectivity index (χ4n) is 3.27. The van der Waals surface area contributed by atoms with Crippen molar-refractivity contribution in [1.82, 2.24) is 15.5 Å². The zero-order chi connectivity index (χ0) is 15.2. The first-order chi connectivity index (χ1) is 10.1. The maximum atomic E-state index is 12.5. The molecule has 0 aromatic carbocycles. The van der Waals surface area contributed by atoms with E-state index < -0.39 is 0 Å². The molecule has 3 unspecified atom stereocenters. The van der Waals surface area contributed by atoms with Crippen LogP contribution in [-0.2, 0) is 9.59 Å². The van der Waals surface area contributed by atoms with E-state index in [9.17, 15) is 9.59 Å². The van der Waals surface area contributed by atoms with E-state index in [1.807, 2.05) is 11.8 Å². The van der Waals surface area contributed by atoms with E-state index in [0.29, 0.717) is 18.9 Å². The Morgan fingerprint density at radius 3 is 2.77 bits per heavy atom. The molecule has 0 aromatic heterocycles. The zero-order valence-corrected chi connectivity index (χ0v) is 14.6. The van der Waals surface area contributed by atoms with Gasteiger partial charge in [-0.05, 0) is 38.1 Å². The number of likely N-dealkylation sites (tertiary alicyclic amines) is 1. The first-order valence-corrected chi connectivity index (χ1v) is 8.40. The Balaban J connectivity index is 0.00000242. The molecule has 2 N–H and O–H groups in total. The third-order valence-electron chi connectivity index (χ3n) is 4.76. The highest BCUT2D eigenvalue weighted by Gasteiger charge is 2.30. The summed E-state index contributed by atoms with van der Waals surface area (Å²) in [5, 5.41) is 6.53. The van der Waals surface area contributed by atoms with Crippen molar-refractivity contribution in [3.63, 3.8) is 0 Å². The lowest BCUT2D eigenvalue weighted by Crippen LogP contribution is -2.53. The molecule has 0 radical (unpaired) electrons. The molecule has 2 saturated heterocycles.